The number of halogens is 1. The fourth-order valence-electron chi connectivity index (χ4n) is 0.771. The summed E-state index contributed by atoms with van der Waals surface area (Å²) >= 11 is 0. The number of hydrogen-bond acceptors (Lipinski definition) is 2. The summed E-state index contributed by atoms with van der Waals surface area (Å²) in [6, 6.07) is 7.32. The van der Waals surface area contributed by atoms with E-state index in [1.807, 2.05) is 31.2 Å². The summed E-state index contributed by atoms with van der Waals surface area (Å²) < 4.78 is 5.37. The molecule has 0 atom stereocenters. The fraction of sp³-hybridized carbons (Fsp3) is 0.200. The molecule has 0 aromatic heterocycles. The van der Waals surface area contributed by atoms with Crippen LogP contribution in [-0.4, -0.2) is 6.61 Å². The molecule has 2 nitrogen and oxygen atoms in total. The largest absolute Gasteiger partial charge is 1.00 e. The van der Waals surface area contributed by atoms with Gasteiger partial charge in [-0.1, -0.05) is 6.58 Å². The highest BCUT2D eigenvalue weighted by molar-refractivity contribution is 5.41. The standard InChI is InChI=1S/C10H13NO.ClH/c1-8(2)7-12-10-5-3-9(11)4-6-10;/h3-6H,1,7,11H2,2H3;1H/p-1. The molecule has 0 unspecified atom stereocenters. The first-order chi connectivity index (χ1) is 5.68. The van der Waals surface area contributed by atoms with Crippen LogP contribution in [0.4, 0.5) is 5.69 Å². The number of ether oxygens (including phenoxy) is 1. The lowest BCUT2D eigenvalue weighted by atomic mass is 10.3. The first-order valence-electron chi connectivity index (χ1n) is 3.81. The quantitative estimate of drug-likeness (QED) is 0.512. The fourth-order valence-corrected chi connectivity index (χ4v) is 0.771. The lowest BCUT2D eigenvalue weighted by Gasteiger charge is -2.04. The Kier molecular flexibility index (Phi) is 5.00. The van der Waals surface area contributed by atoms with Gasteiger partial charge in [-0.05, 0) is 36.8 Å². The van der Waals surface area contributed by atoms with E-state index in [2.05, 4.69) is 6.58 Å². The molecule has 13 heavy (non-hydrogen) atoms. The van der Waals surface area contributed by atoms with Crippen LogP contribution in [0.2, 0.25) is 0 Å². The summed E-state index contributed by atoms with van der Waals surface area (Å²) in [4.78, 5) is 0. The summed E-state index contributed by atoms with van der Waals surface area (Å²) in [5, 5.41) is 0. The van der Waals surface area contributed by atoms with Gasteiger partial charge in [-0.25, -0.2) is 0 Å². The van der Waals surface area contributed by atoms with E-state index in [0.29, 0.717) is 6.61 Å². The van der Waals surface area contributed by atoms with Crippen LogP contribution in [-0.2, 0) is 0 Å². The van der Waals surface area contributed by atoms with Crippen LogP contribution >= 0.6 is 0 Å². The summed E-state index contributed by atoms with van der Waals surface area (Å²) in [5.41, 5.74) is 7.26. The van der Waals surface area contributed by atoms with Gasteiger partial charge >= 0.3 is 0 Å². The monoisotopic (exact) mass is 198 g/mol. The average molecular weight is 199 g/mol. The molecule has 0 saturated heterocycles. The third kappa shape index (κ3) is 4.43. The van der Waals surface area contributed by atoms with Gasteiger partial charge in [-0.15, -0.1) is 0 Å². The highest BCUT2D eigenvalue weighted by Gasteiger charge is 1.92. The summed E-state index contributed by atoms with van der Waals surface area (Å²) in [5.74, 6) is 0.826. The van der Waals surface area contributed by atoms with E-state index in [1.54, 1.807) is 0 Å². The molecule has 3 heteroatoms. The maximum Gasteiger partial charge on any atom is 0.119 e. The van der Waals surface area contributed by atoms with Crippen LogP contribution in [0, 0.1) is 0 Å². The zero-order valence-corrected chi connectivity index (χ0v) is 8.34. The van der Waals surface area contributed by atoms with Crippen molar-refractivity contribution in [2.45, 2.75) is 6.92 Å². The molecule has 2 N–H and O–H groups in total. The maximum atomic E-state index is 5.51. The summed E-state index contributed by atoms with van der Waals surface area (Å²) in [6.07, 6.45) is 0. The predicted molar refractivity (Wildman–Crippen MR) is 51.2 cm³/mol. The average Bonchev–Trinajstić information content (AvgIpc) is 2.03. The van der Waals surface area contributed by atoms with E-state index < -0.39 is 0 Å². The lowest BCUT2D eigenvalue weighted by molar-refractivity contribution is -0.00000294. The Morgan fingerprint density at radius 3 is 2.38 bits per heavy atom. The molecule has 0 amide bonds. The van der Waals surface area contributed by atoms with Crippen LogP contribution in [0.25, 0.3) is 0 Å². The SMILES string of the molecule is C=C(C)COc1ccc(N)cc1.[Cl-]. The number of nitrogen functional groups attached to an aromatic ring is 1. The Balaban J connectivity index is 0.00000144. The van der Waals surface area contributed by atoms with Crippen molar-refractivity contribution in [3.63, 3.8) is 0 Å². The van der Waals surface area contributed by atoms with Gasteiger partial charge in [0.1, 0.15) is 12.4 Å². The zero-order valence-electron chi connectivity index (χ0n) is 7.59. The molecule has 0 aliphatic heterocycles. The second-order valence-corrected chi connectivity index (χ2v) is 2.81. The van der Waals surface area contributed by atoms with Crippen molar-refractivity contribution in [2.24, 2.45) is 0 Å². The smallest absolute Gasteiger partial charge is 0.119 e. The second-order valence-electron chi connectivity index (χ2n) is 2.81. The van der Waals surface area contributed by atoms with Gasteiger partial charge in [-0.3, -0.25) is 0 Å². The van der Waals surface area contributed by atoms with E-state index in [0.717, 1.165) is 17.0 Å². The molecule has 0 aliphatic carbocycles. The molecule has 0 aliphatic rings. The van der Waals surface area contributed by atoms with Gasteiger partial charge in [-0.2, -0.15) is 0 Å². The third-order valence-electron chi connectivity index (χ3n) is 1.37. The van der Waals surface area contributed by atoms with Crippen LogP contribution in [0.3, 0.4) is 0 Å². The third-order valence-corrected chi connectivity index (χ3v) is 1.37. The highest BCUT2D eigenvalue weighted by Crippen LogP contribution is 2.13. The summed E-state index contributed by atoms with van der Waals surface area (Å²) in [6.45, 7) is 6.23. The highest BCUT2D eigenvalue weighted by atomic mass is 35.5. The molecule has 1 aromatic rings. The van der Waals surface area contributed by atoms with Gasteiger partial charge in [0.25, 0.3) is 0 Å². The van der Waals surface area contributed by atoms with Gasteiger partial charge in [0.15, 0.2) is 0 Å². The van der Waals surface area contributed by atoms with E-state index in [-0.39, 0.29) is 12.4 Å². The Bertz CT molecular complexity index is 269. The maximum absolute atomic E-state index is 5.51. The Morgan fingerprint density at radius 1 is 1.38 bits per heavy atom. The molecule has 0 radical (unpaired) electrons. The van der Waals surface area contributed by atoms with Gasteiger partial charge in [0.05, 0.1) is 0 Å². The molecular formula is C10H13ClNO-. The van der Waals surface area contributed by atoms with Crippen molar-refractivity contribution < 1.29 is 17.1 Å². The van der Waals surface area contributed by atoms with Gasteiger partial charge < -0.3 is 22.9 Å². The van der Waals surface area contributed by atoms with Crippen molar-refractivity contribution >= 4 is 5.69 Å². The molecule has 0 bridgehead atoms. The Morgan fingerprint density at radius 2 is 1.92 bits per heavy atom. The van der Waals surface area contributed by atoms with E-state index in [9.17, 15) is 0 Å². The van der Waals surface area contributed by atoms with E-state index in [1.165, 1.54) is 0 Å². The van der Waals surface area contributed by atoms with Crippen LogP contribution in [0.15, 0.2) is 36.4 Å². The molecule has 0 saturated carbocycles. The van der Waals surface area contributed by atoms with Crippen molar-refractivity contribution in [1.82, 2.24) is 0 Å². The molecule has 0 spiro atoms. The van der Waals surface area contributed by atoms with Gasteiger partial charge in [0, 0.05) is 5.69 Å². The molecule has 0 heterocycles. The second kappa shape index (κ2) is 5.49. The minimum atomic E-state index is 0. The zero-order chi connectivity index (χ0) is 8.97. The van der Waals surface area contributed by atoms with Crippen molar-refractivity contribution in [1.29, 1.82) is 0 Å². The van der Waals surface area contributed by atoms with Crippen molar-refractivity contribution in [3.05, 3.63) is 36.4 Å². The van der Waals surface area contributed by atoms with Crippen LogP contribution in [0.5, 0.6) is 5.75 Å². The number of rotatable bonds is 3. The van der Waals surface area contributed by atoms with Crippen LogP contribution < -0.4 is 22.9 Å². The Hall–Kier alpha value is -1.15. The minimum Gasteiger partial charge on any atom is -1.00 e. The van der Waals surface area contributed by atoms with Crippen LogP contribution in [0.1, 0.15) is 6.92 Å². The molecular weight excluding hydrogens is 186 g/mol. The van der Waals surface area contributed by atoms with Gasteiger partial charge in [0.2, 0.25) is 0 Å². The molecule has 1 aromatic carbocycles. The first kappa shape index (κ1) is 11.8. The minimum absolute atomic E-state index is 0. The molecule has 0 fully saturated rings. The Labute approximate surface area is 84.8 Å². The predicted octanol–water partition coefficient (Wildman–Crippen LogP) is -0.772. The number of anilines is 1. The van der Waals surface area contributed by atoms with Crippen molar-refractivity contribution in [3.8, 4) is 5.75 Å². The number of nitrogens with two attached hydrogens (primary N) is 1. The molecule has 72 valence electrons. The summed E-state index contributed by atoms with van der Waals surface area (Å²) in [7, 11) is 0. The van der Waals surface area contributed by atoms with E-state index >= 15 is 0 Å². The topological polar surface area (TPSA) is 35.2 Å². The van der Waals surface area contributed by atoms with E-state index in [4.69, 9.17) is 10.5 Å². The number of hydrogen-bond donors (Lipinski definition) is 1. The first-order valence-corrected chi connectivity index (χ1v) is 3.81. The number of benzene rings is 1. The lowest BCUT2D eigenvalue weighted by Crippen LogP contribution is -3.00. The van der Waals surface area contributed by atoms with Crippen molar-refractivity contribution in [2.75, 3.05) is 12.3 Å². The normalized spacial score (nSPS) is 8.69. The molecule has 1 rings (SSSR count).